The molecule has 0 radical (unpaired) electrons. The molecule has 12 heteroatoms. The van der Waals surface area contributed by atoms with Gasteiger partial charge in [0.05, 0.1) is 29.0 Å². The molecule has 3 fully saturated rings. The fraction of sp³-hybridized carbons (Fsp3) is 0.500. The summed E-state index contributed by atoms with van der Waals surface area (Å²) in [5, 5.41) is 3.90. The van der Waals surface area contributed by atoms with E-state index in [1.54, 1.807) is 23.8 Å². The zero-order chi connectivity index (χ0) is 31.5. The zero-order valence-electron chi connectivity index (χ0n) is 24.8. The van der Waals surface area contributed by atoms with Crippen molar-refractivity contribution in [1.29, 1.82) is 0 Å². The van der Waals surface area contributed by atoms with Crippen LogP contribution in [-0.4, -0.2) is 81.4 Å². The molecule has 1 N–H and O–H groups in total. The first-order valence-corrected chi connectivity index (χ1v) is 15.0. The molecule has 0 bridgehead atoms. The molecule has 1 aliphatic carbocycles. The lowest BCUT2D eigenvalue weighted by molar-refractivity contribution is -0.143. The van der Waals surface area contributed by atoms with Crippen molar-refractivity contribution in [2.45, 2.75) is 58.3 Å². The average Bonchev–Trinajstić information content (AvgIpc) is 3.54. The molecule has 0 spiro atoms. The summed E-state index contributed by atoms with van der Waals surface area (Å²) in [5.41, 5.74) is 1.26. The predicted octanol–water partition coefficient (Wildman–Crippen LogP) is 4.92. The summed E-state index contributed by atoms with van der Waals surface area (Å²) in [5.74, 6) is -1.07. The number of hydrogen-bond donors (Lipinski definition) is 1. The standard InChI is InChI=1S/C32H35F4N5O3/c1-17(2)40(16-32(34,35)36)30(43)24-13-21(33)4-5-25(24)41-18(3)27(22-6-9-37-15-26(22)41)29(42)19-7-10-39(11-8-19)31(44)28-23-12-20(23)14-38-28/h4-6,9,13,15,17,19-20,23,28,38H,7-8,10-12,14,16H2,1-3H3/t20-,23-,28-/m0/s1. The number of benzene rings is 1. The Morgan fingerprint density at radius 1 is 1.14 bits per heavy atom. The molecule has 2 aromatic heterocycles. The van der Waals surface area contributed by atoms with E-state index >= 15 is 0 Å². The molecule has 3 aliphatic rings. The van der Waals surface area contributed by atoms with Crippen molar-refractivity contribution >= 4 is 28.5 Å². The van der Waals surface area contributed by atoms with Crippen molar-refractivity contribution in [2.75, 3.05) is 26.2 Å². The Morgan fingerprint density at radius 2 is 1.86 bits per heavy atom. The number of pyridine rings is 1. The van der Waals surface area contributed by atoms with Crippen LogP contribution in [0.3, 0.4) is 0 Å². The third kappa shape index (κ3) is 5.48. The molecule has 2 saturated heterocycles. The van der Waals surface area contributed by atoms with Crippen LogP contribution in [0.4, 0.5) is 17.6 Å². The van der Waals surface area contributed by atoms with Crippen LogP contribution in [0.15, 0.2) is 36.7 Å². The zero-order valence-corrected chi connectivity index (χ0v) is 24.8. The van der Waals surface area contributed by atoms with Gasteiger partial charge in [-0.15, -0.1) is 0 Å². The second-order valence-corrected chi connectivity index (χ2v) is 12.5. The lowest BCUT2D eigenvalue weighted by atomic mass is 9.87. The van der Waals surface area contributed by atoms with E-state index in [9.17, 15) is 31.9 Å². The van der Waals surface area contributed by atoms with E-state index in [0.29, 0.717) is 64.8 Å². The van der Waals surface area contributed by atoms with Gasteiger partial charge in [-0.3, -0.25) is 19.4 Å². The summed E-state index contributed by atoms with van der Waals surface area (Å²) < 4.78 is 56.4. The molecular formula is C32H35F4N5O3. The first-order chi connectivity index (χ1) is 20.9. The topological polar surface area (TPSA) is 87.5 Å². The Hall–Kier alpha value is -3.80. The molecule has 3 aromatic rings. The number of fused-ring (bicyclic) bond motifs is 2. The molecule has 44 heavy (non-hydrogen) atoms. The number of amides is 2. The third-order valence-electron chi connectivity index (χ3n) is 9.37. The monoisotopic (exact) mass is 613 g/mol. The van der Waals surface area contributed by atoms with Gasteiger partial charge < -0.3 is 19.7 Å². The Kier molecular flexibility index (Phi) is 7.75. The summed E-state index contributed by atoms with van der Waals surface area (Å²) in [6.45, 7) is 4.98. The molecule has 3 atom stereocenters. The fourth-order valence-electron chi connectivity index (χ4n) is 6.97. The number of rotatable bonds is 7. The normalized spacial score (nSPS) is 22.0. The van der Waals surface area contributed by atoms with Crippen molar-refractivity contribution in [1.82, 2.24) is 24.7 Å². The number of piperidine rings is 2. The van der Waals surface area contributed by atoms with Crippen molar-refractivity contribution in [2.24, 2.45) is 17.8 Å². The number of carbonyl (C=O) groups excluding carboxylic acids is 3. The van der Waals surface area contributed by atoms with Gasteiger partial charge in [0, 0.05) is 47.9 Å². The third-order valence-corrected chi connectivity index (χ3v) is 9.37. The number of nitrogens with one attached hydrogen (secondary N) is 1. The highest BCUT2D eigenvalue weighted by Gasteiger charge is 2.52. The van der Waals surface area contributed by atoms with Crippen LogP contribution in [0.5, 0.6) is 0 Å². The Labute approximate surface area is 252 Å². The van der Waals surface area contributed by atoms with Crippen LogP contribution in [0.2, 0.25) is 0 Å². The van der Waals surface area contributed by atoms with E-state index in [2.05, 4.69) is 10.3 Å². The SMILES string of the molecule is Cc1c(C(=O)C2CCN(C(=O)[C@H]3NC[C@@H]4C[C@@H]43)CC2)c2ccncc2n1-c1ccc(F)cc1C(=O)N(CC(F)(F)F)C(C)C. The van der Waals surface area contributed by atoms with Gasteiger partial charge in [-0.05, 0) is 82.7 Å². The van der Waals surface area contributed by atoms with Crippen LogP contribution in [-0.2, 0) is 4.79 Å². The maximum atomic E-state index is 14.5. The van der Waals surface area contributed by atoms with Crippen LogP contribution in [0.25, 0.3) is 16.6 Å². The first kappa shape index (κ1) is 30.2. The highest BCUT2D eigenvalue weighted by molar-refractivity contribution is 6.11. The lowest BCUT2D eigenvalue weighted by Gasteiger charge is -2.33. The van der Waals surface area contributed by atoms with E-state index in [0.717, 1.165) is 25.1 Å². The van der Waals surface area contributed by atoms with Crippen molar-refractivity contribution < 1.29 is 31.9 Å². The Morgan fingerprint density at radius 3 is 2.48 bits per heavy atom. The van der Waals surface area contributed by atoms with E-state index in [1.807, 2.05) is 4.90 Å². The summed E-state index contributed by atoms with van der Waals surface area (Å²) in [4.78, 5) is 47.5. The molecule has 8 nitrogen and oxygen atoms in total. The highest BCUT2D eigenvalue weighted by atomic mass is 19.4. The fourth-order valence-corrected chi connectivity index (χ4v) is 6.97. The van der Waals surface area contributed by atoms with Crippen LogP contribution < -0.4 is 5.32 Å². The Balaban J connectivity index is 1.32. The Bertz CT molecular complexity index is 1630. The van der Waals surface area contributed by atoms with Crippen LogP contribution in [0.1, 0.15) is 59.5 Å². The van der Waals surface area contributed by atoms with Crippen LogP contribution in [0, 0.1) is 30.5 Å². The lowest BCUT2D eigenvalue weighted by Crippen LogP contribution is -2.49. The number of Topliss-reactive ketones (excluding diaryl/α,β-unsaturated/α-hetero) is 1. The van der Waals surface area contributed by atoms with Gasteiger partial charge in [0.2, 0.25) is 5.91 Å². The van der Waals surface area contributed by atoms with Gasteiger partial charge in [0.1, 0.15) is 12.4 Å². The summed E-state index contributed by atoms with van der Waals surface area (Å²) in [7, 11) is 0. The molecule has 0 unspecified atom stereocenters. The number of hydrogen-bond acceptors (Lipinski definition) is 5. The minimum absolute atomic E-state index is 0.106. The molecule has 2 amide bonds. The molecule has 234 valence electrons. The van der Waals surface area contributed by atoms with Gasteiger partial charge in [-0.2, -0.15) is 13.2 Å². The maximum Gasteiger partial charge on any atom is 0.406 e. The number of ketones is 1. The second kappa shape index (κ2) is 11.3. The van der Waals surface area contributed by atoms with E-state index < -0.39 is 30.5 Å². The molecule has 2 aliphatic heterocycles. The van der Waals surface area contributed by atoms with E-state index in [4.69, 9.17) is 0 Å². The number of likely N-dealkylation sites (tertiary alicyclic amines) is 1. The van der Waals surface area contributed by atoms with E-state index in [-0.39, 0.29) is 34.9 Å². The molecular weight excluding hydrogens is 578 g/mol. The highest BCUT2D eigenvalue weighted by Crippen LogP contribution is 2.45. The number of halogens is 4. The number of alkyl halides is 3. The molecule has 4 heterocycles. The van der Waals surface area contributed by atoms with Gasteiger partial charge in [-0.25, -0.2) is 4.39 Å². The summed E-state index contributed by atoms with van der Waals surface area (Å²) in [6, 6.07) is 4.16. The van der Waals surface area contributed by atoms with Gasteiger partial charge in [0.15, 0.2) is 5.78 Å². The van der Waals surface area contributed by atoms with Crippen molar-refractivity contribution in [3.8, 4) is 5.69 Å². The van der Waals surface area contributed by atoms with Crippen molar-refractivity contribution in [3.05, 3.63) is 59.3 Å². The largest absolute Gasteiger partial charge is 0.406 e. The molecule has 1 saturated carbocycles. The second-order valence-electron chi connectivity index (χ2n) is 12.5. The van der Waals surface area contributed by atoms with Crippen molar-refractivity contribution in [3.63, 3.8) is 0 Å². The summed E-state index contributed by atoms with van der Waals surface area (Å²) in [6.07, 6.45) is 0.516. The average molecular weight is 614 g/mol. The predicted molar refractivity (Wildman–Crippen MR) is 155 cm³/mol. The quantitative estimate of drug-likeness (QED) is 0.302. The van der Waals surface area contributed by atoms with Gasteiger partial charge in [-0.1, -0.05) is 0 Å². The van der Waals surface area contributed by atoms with Crippen LogP contribution >= 0.6 is 0 Å². The number of nitrogens with zero attached hydrogens (tertiary/aromatic N) is 4. The molecule has 1 aromatic carbocycles. The minimum Gasteiger partial charge on any atom is -0.341 e. The number of aromatic nitrogens is 2. The number of carbonyl (C=O) groups is 3. The van der Waals surface area contributed by atoms with E-state index in [1.165, 1.54) is 26.1 Å². The van der Waals surface area contributed by atoms with Gasteiger partial charge >= 0.3 is 6.18 Å². The maximum absolute atomic E-state index is 14.5. The minimum atomic E-state index is -4.65. The summed E-state index contributed by atoms with van der Waals surface area (Å²) >= 11 is 0. The first-order valence-electron chi connectivity index (χ1n) is 15.0. The molecule has 6 rings (SSSR count). The van der Waals surface area contributed by atoms with Gasteiger partial charge in [0.25, 0.3) is 5.91 Å². The smallest absolute Gasteiger partial charge is 0.341 e.